The van der Waals surface area contributed by atoms with Gasteiger partial charge in [-0.15, -0.1) is 0 Å². The highest BCUT2D eigenvalue weighted by Gasteiger charge is 2.07. The van der Waals surface area contributed by atoms with Gasteiger partial charge in [-0.3, -0.25) is 0 Å². The Bertz CT molecular complexity index is 372. The summed E-state index contributed by atoms with van der Waals surface area (Å²) in [6, 6.07) is 10.5. The molecule has 1 aliphatic heterocycles. The molecule has 1 aliphatic rings. The first-order valence-electron chi connectivity index (χ1n) is 5.42. The maximum Gasteiger partial charge on any atom is 0.0894 e. The van der Waals surface area contributed by atoms with Gasteiger partial charge >= 0.3 is 0 Å². The van der Waals surface area contributed by atoms with Gasteiger partial charge in [0, 0.05) is 32.0 Å². The molecule has 0 bridgehead atoms. The fourth-order valence-electron chi connectivity index (χ4n) is 1.51. The zero-order chi connectivity index (χ0) is 12.7. The van der Waals surface area contributed by atoms with Crippen LogP contribution in [0.3, 0.4) is 0 Å². The summed E-state index contributed by atoms with van der Waals surface area (Å²) in [5, 5.41) is 8.89. The van der Waals surface area contributed by atoms with Crippen LogP contribution in [0.5, 0.6) is 0 Å². The third kappa shape index (κ3) is 5.61. The smallest absolute Gasteiger partial charge is 0.0894 e. The van der Waals surface area contributed by atoms with Crippen LogP contribution in [0.4, 0.5) is 0 Å². The van der Waals surface area contributed by atoms with Gasteiger partial charge in [0.2, 0.25) is 0 Å². The zero-order valence-electron chi connectivity index (χ0n) is 10.2. The molecule has 0 aliphatic carbocycles. The van der Waals surface area contributed by atoms with Crippen molar-refractivity contribution in [2.45, 2.75) is 13.5 Å². The Morgan fingerprint density at radius 2 is 1.88 bits per heavy atom. The fraction of sp³-hybridized carbons (Fsp3) is 0.308. The van der Waals surface area contributed by atoms with Gasteiger partial charge in [0.1, 0.15) is 0 Å². The van der Waals surface area contributed by atoms with Crippen LogP contribution in [-0.4, -0.2) is 29.5 Å². The molecule has 0 saturated carbocycles. The molecule has 0 N–H and O–H groups in total. The SMILES string of the molecule is CC(=O)[O-].CN1C=CN(Cc2ccccc2)C1. The molecule has 1 aromatic rings. The van der Waals surface area contributed by atoms with Crippen molar-refractivity contribution in [2.24, 2.45) is 0 Å². The second-order valence-electron chi connectivity index (χ2n) is 3.92. The van der Waals surface area contributed by atoms with Crippen LogP contribution in [-0.2, 0) is 11.3 Å². The maximum absolute atomic E-state index is 8.89. The van der Waals surface area contributed by atoms with E-state index in [0.717, 1.165) is 20.1 Å². The van der Waals surface area contributed by atoms with E-state index in [1.165, 1.54) is 5.56 Å². The van der Waals surface area contributed by atoms with Crippen molar-refractivity contribution in [1.82, 2.24) is 9.80 Å². The minimum Gasteiger partial charge on any atom is -0.550 e. The molecule has 4 heteroatoms. The van der Waals surface area contributed by atoms with E-state index in [-0.39, 0.29) is 0 Å². The molecule has 1 aromatic carbocycles. The molecule has 0 unspecified atom stereocenters. The molecule has 17 heavy (non-hydrogen) atoms. The van der Waals surface area contributed by atoms with Gasteiger partial charge in [-0.1, -0.05) is 30.3 Å². The summed E-state index contributed by atoms with van der Waals surface area (Å²) in [6.07, 6.45) is 4.23. The number of benzene rings is 1. The third-order valence-electron chi connectivity index (χ3n) is 2.17. The Morgan fingerprint density at radius 1 is 1.29 bits per heavy atom. The minimum atomic E-state index is -1.08. The van der Waals surface area contributed by atoms with Crippen molar-refractivity contribution in [3.63, 3.8) is 0 Å². The van der Waals surface area contributed by atoms with Crippen LogP contribution in [0, 0.1) is 0 Å². The normalized spacial score (nSPS) is 13.3. The summed E-state index contributed by atoms with van der Waals surface area (Å²) in [5.41, 5.74) is 1.36. The summed E-state index contributed by atoms with van der Waals surface area (Å²) in [4.78, 5) is 13.3. The lowest BCUT2D eigenvalue weighted by molar-refractivity contribution is -0.302. The van der Waals surface area contributed by atoms with Gasteiger partial charge in [0.15, 0.2) is 0 Å². The zero-order valence-corrected chi connectivity index (χ0v) is 10.2. The van der Waals surface area contributed by atoms with Crippen molar-refractivity contribution in [2.75, 3.05) is 13.7 Å². The lowest BCUT2D eigenvalue weighted by Gasteiger charge is -2.17. The number of aliphatic carboxylic acids is 1. The monoisotopic (exact) mass is 233 g/mol. The summed E-state index contributed by atoms with van der Waals surface area (Å²) < 4.78 is 0. The number of carboxylic acids is 1. The molecule has 0 spiro atoms. The molecular formula is C13H17N2O2-. The van der Waals surface area contributed by atoms with Crippen molar-refractivity contribution in [1.29, 1.82) is 0 Å². The summed E-state index contributed by atoms with van der Waals surface area (Å²) in [5.74, 6) is -1.08. The molecule has 0 atom stereocenters. The highest BCUT2D eigenvalue weighted by Crippen LogP contribution is 2.09. The van der Waals surface area contributed by atoms with Crippen LogP contribution in [0.25, 0.3) is 0 Å². The fourth-order valence-corrected chi connectivity index (χ4v) is 1.51. The molecule has 0 radical (unpaired) electrons. The highest BCUT2D eigenvalue weighted by atomic mass is 16.4. The van der Waals surface area contributed by atoms with E-state index in [4.69, 9.17) is 9.90 Å². The number of hydrogen-bond acceptors (Lipinski definition) is 4. The summed E-state index contributed by atoms with van der Waals surface area (Å²) in [7, 11) is 2.08. The van der Waals surface area contributed by atoms with E-state index < -0.39 is 5.97 Å². The molecule has 0 aromatic heterocycles. The Balaban J connectivity index is 0.000000317. The van der Waals surface area contributed by atoms with E-state index in [0.29, 0.717) is 0 Å². The second-order valence-corrected chi connectivity index (χ2v) is 3.92. The standard InChI is InChI=1S/C11H14N2.C2H4O2/c1-12-7-8-13(10-12)9-11-5-3-2-4-6-11;1-2(3)4/h2-8H,9-10H2,1H3;1H3,(H,3,4)/p-1. The quantitative estimate of drug-likeness (QED) is 0.751. The molecule has 0 amide bonds. The minimum absolute atomic E-state index is 0.972. The maximum atomic E-state index is 8.89. The van der Waals surface area contributed by atoms with Crippen molar-refractivity contribution < 1.29 is 9.90 Å². The Kier molecular flexibility index (Phi) is 5.07. The first-order valence-corrected chi connectivity index (χ1v) is 5.42. The number of hydrogen-bond donors (Lipinski definition) is 0. The van der Waals surface area contributed by atoms with E-state index >= 15 is 0 Å². The number of rotatable bonds is 2. The molecule has 2 rings (SSSR count). The van der Waals surface area contributed by atoms with Gasteiger partial charge in [0.05, 0.1) is 6.67 Å². The molecule has 1 heterocycles. The van der Waals surface area contributed by atoms with Crippen LogP contribution in [0.1, 0.15) is 12.5 Å². The van der Waals surface area contributed by atoms with E-state index in [2.05, 4.69) is 59.6 Å². The van der Waals surface area contributed by atoms with Gasteiger partial charge in [-0.25, -0.2) is 0 Å². The third-order valence-corrected chi connectivity index (χ3v) is 2.17. The largest absolute Gasteiger partial charge is 0.550 e. The van der Waals surface area contributed by atoms with Crippen molar-refractivity contribution in [3.8, 4) is 0 Å². The number of carboxylic acid groups (broad SMARTS) is 1. The van der Waals surface area contributed by atoms with E-state index in [9.17, 15) is 0 Å². The number of carbonyl (C=O) groups excluding carboxylic acids is 1. The Labute approximate surface area is 102 Å². The average molecular weight is 233 g/mol. The van der Waals surface area contributed by atoms with E-state index in [1.54, 1.807) is 0 Å². The topological polar surface area (TPSA) is 46.6 Å². The molecule has 0 saturated heterocycles. The van der Waals surface area contributed by atoms with Gasteiger partial charge in [-0.05, 0) is 12.5 Å². The van der Waals surface area contributed by atoms with Crippen LogP contribution >= 0.6 is 0 Å². The van der Waals surface area contributed by atoms with Crippen LogP contribution in [0.15, 0.2) is 42.7 Å². The molecular weight excluding hydrogens is 216 g/mol. The van der Waals surface area contributed by atoms with Crippen LogP contribution < -0.4 is 5.11 Å². The van der Waals surface area contributed by atoms with Crippen molar-refractivity contribution >= 4 is 5.97 Å². The number of nitrogens with zero attached hydrogens (tertiary/aromatic N) is 2. The average Bonchev–Trinajstić information content (AvgIpc) is 2.65. The van der Waals surface area contributed by atoms with Crippen molar-refractivity contribution in [3.05, 3.63) is 48.3 Å². The van der Waals surface area contributed by atoms with Gasteiger partial charge in [-0.2, -0.15) is 0 Å². The lowest BCUT2D eigenvalue weighted by Crippen LogP contribution is -2.21. The Hall–Kier alpha value is -1.97. The lowest BCUT2D eigenvalue weighted by atomic mass is 10.2. The molecule has 0 fully saturated rings. The first-order chi connectivity index (χ1) is 8.08. The van der Waals surface area contributed by atoms with Gasteiger partial charge < -0.3 is 19.7 Å². The van der Waals surface area contributed by atoms with E-state index in [1.807, 2.05) is 0 Å². The highest BCUT2D eigenvalue weighted by molar-refractivity contribution is 5.60. The van der Waals surface area contributed by atoms with Crippen LogP contribution in [0.2, 0.25) is 0 Å². The second kappa shape index (κ2) is 6.58. The number of carbonyl (C=O) groups is 1. The molecule has 92 valence electrons. The van der Waals surface area contributed by atoms with Gasteiger partial charge in [0.25, 0.3) is 0 Å². The summed E-state index contributed by atoms with van der Waals surface area (Å²) >= 11 is 0. The Morgan fingerprint density at radius 3 is 2.35 bits per heavy atom. The summed E-state index contributed by atoms with van der Waals surface area (Å²) in [6.45, 7) is 2.97. The first kappa shape index (κ1) is 13.1. The predicted octanol–water partition coefficient (Wildman–Crippen LogP) is 0.619. The predicted molar refractivity (Wildman–Crippen MR) is 64.4 cm³/mol. The molecule has 4 nitrogen and oxygen atoms in total.